The van der Waals surface area contributed by atoms with Crippen molar-refractivity contribution in [2.45, 2.75) is 37.9 Å². The number of benzene rings is 2. The SMILES string of the molecule is CNC(c1ccnc2ccccc12)(C(C)C(C)(C)c1cc(F)ccc1OC)C(F)(F)F. The number of hydrogen-bond donors (Lipinski definition) is 1. The van der Waals surface area contributed by atoms with Crippen LogP contribution in [0.4, 0.5) is 17.6 Å². The number of para-hydroxylation sites is 1. The molecule has 3 aromatic rings. The van der Waals surface area contributed by atoms with Gasteiger partial charge in [-0.05, 0) is 54.3 Å². The number of hydrogen-bond acceptors (Lipinski definition) is 3. The molecule has 0 aliphatic rings. The molecule has 0 spiro atoms. The highest BCUT2D eigenvalue weighted by Crippen LogP contribution is 2.53. The normalized spacial score (nSPS) is 15.5. The smallest absolute Gasteiger partial charge is 0.411 e. The fourth-order valence-electron chi connectivity index (χ4n) is 4.52. The van der Waals surface area contributed by atoms with Crippen LogP contribution in [0.3, 0.4) is 0 Å². The number of aromatic nitrogens is 1. The predicted octanol–water partition coefficient (Wildman–Crippen LogP) is 5.97. The van der Waals surface area contributed by atoms with E-state index in [-0.39, 0.29) is 5.56 Å². The van der Waals surface area contributed by atoms with Crippen LogP contribution in [-0.2, 0) is 11.0 Å². The van der Waals surface area contributed by atoms with Crippen molar-refractivity contribution in [2.24, 2.45) is 5.92 Å². The Kier molecular flexibility index (Phi) is 6.02. The van der Waals surface area contributed by atoms with E-state index in [4.69, 9.17) is 4.74 Å². The zero-order valence-electron chi connectivity index (χ0n) is 18.1. The fraction of sp³-hybridized carbons (Fsp3) is 0.375. The second kappa shape index (κ2) is 8.11. The van der Waals surface area contributed by atoms with Gasteiger partial charge >= 0.3 is 6.18 Å². The van der Waals surface area contributed by atoms with Gasteiger partial charge in [-0.25, -0.2) is 4.39 Å². The van der Waals surface area contributed by atoms with Crippen LogP contribution in [0.1, 0.15) is 31.9 Å². The average molecular weight is 434 g/mol. The van der Waals surface area contributed by atoms with Gasteiger partial charge in [0.25, 0.3) is 0 Å². The van der Waals surface area contributed by atoms with E-state index in [0.29, 0.717) is 22.2 Å². The summed E-state index contributed by atoms with van der Waals surface area (Å²) in [7, 11) is 2.72. The third kappa shape index (κ3) is 3.65. The van der Waals surface area contributed by atoms with E-state index in [0.717, 1.165) is 0 Å². The van der Waals surface area contributed by atoms with Crippen molar-refractivity contribution < 1.29 is 22.3 Å². The van der Waals surface area contributed by atoms with Gasteiger partial charge in [0.1, 0.15) is 17.1 Å². The summed E-state index contributed by atoms with van der Waals surface area (Å²) in [6, 6.07) is 12.1. The van der Waals surface area contributed by atoms with Crippen LogP contribution in [0.2, 0.25) is 0 Å². The molecule has 7 heteroatoms. The minimum absolute atomic E-state index is 0.0732. The Morgan fingerprint density at radius 2 is 1.68 bits per heavy atom. The highest BCUT2D eigenvalue weighted by molar-refractivity contribution is 5.83. The van der Waals surface area contributed by atoms with Crippen molar-refractivity contribution in [3.05, 3.63) is 71.7 Å². The zero-order valence-corrected chi connectivity index (χ0v) is 18.1. The largest absolute Gasteiger partial charge is 0.496 e. The Labute approximate surface area is 179 Å². The molecule has 1 heterocycles. The Hall–Kier alpha value is -2.67. The second-order valence-corrected chi connectivity index (χ2v) is 8.22. The van der Waals surface area contributed by atoms with Gasteiger partial charge in [0.15, 0.2) is 0 Å². The van der Waals surface area contributed by atoms with Gasteiger partial charge in [-0.3, -0.25) is 4.98 Å². The lowest BCUT2D eigenvalue weighted by molar-refractivity contribution is -0.220. The maximum absolute atomic E-state index is 15.0. The van der Waals surface area contributed by atoms with E-state index in [9.17, 15) is 17.6 Å². The molecule has 1 aromatic heterocycles. The lowest BCUT2D eigenvalue weighted by atomic mass is 9.62. The van der Waals surface area contributed by atoms with Gasteiger partial charge in [-0.2, -0.15) is 13.2 Å². The molecule has 2 aromatic carbocycles. The summed E-state index contributed by atoms with van der Waals surface area (Å²) >= 11 is 0. The standard InChI is InChI=1S/C24H26F4N2O/c1-15(22(2,3)19-14-16(25)10-11-21(19)31-5)23(29-4,24(26,27)28)18-12-13-30-20-9-7-6-8-17(18)20/h6-15,29H,1-5H3. The number of fused-ring (bicyclic) bond motifs is 1. The van der Waals surface area contributed by atoms with Crippen LogP contribution in [0.25, 0.3) is 10.9 Å². The lowest BCUT2D eigenvalue weighted by Gasteiger charge is -2.48. The van der Waals surface area contributed by atoms with Crippen molar-refractivity contribution in [3.8, 4) is 5.75 Å². The number of nitrogens with one attached hydrogen (secondary N) is 1. The molecule has 0 aliphatic heterocycles. The molecule has 0 radical (unpaired) electrons. The number of ether oxygens (including phenoxy) is 1. The van der Waals surface area contributed by atoms with Crippen LogP contribution in [0.5, 0.6) is 5.75 Å². The Balaban J connectivity index is 2.33. The number of rotatable bonds is 6. The van der Waals surface area contributed by atoms with E-state index < -0.39 is 28.9 Å². The second-order valence-electron chi connectivity index (χ2n) is 8.22. The number of pyridine rings is 1. The van der Waals surface area contributed by atoms with E-state index in [1.54, 1.807) is 38.1 Å². The Morgan fingerprint density at radius 1 is 1.00 bits per heavy atom. The van der Waals surface area contributed by atoms with Crippen LogP contribution in [-0.4, -0.2) is 25.3 Å². The van der Waals surface area contributed by atoms with Crippen molar-refractivity contribution in [1.82, 2.24) is 10.3 Å². The predicted molar refractivity (Wildman–Crippen MR) is 114 cm³/mol. The first kappa shape index (κ1) is 23.0. The molecule has 166 valence electrons. The molecule has 2 unspecified atom stereocenters. The first-order valence-electron chi connectivity index (χ1n) is 9.94. The van der Waals surface area contributed by atoms with E-state index in [1.165, 1.54) is 51.5 Å². The third-order valence-corrected chi connectivity index (χ3v) is 6.50. The van der Waals surface area contributed by atoms with Gasteiger partial charge in [0.2, 0.25) is 0 Å². The van der Waals surface area contributed by atoms with Gasteiger partial charge in [0, 0.05) is 17.1 Å². The summed E-state index contributed by atoms with van der Waals surface area (Å²) in [4.78, 5) is 4.23. The minimum Gasteiger partial charge on any atom is -0.496 e. The van der Waals surface area contributed by atoms with Crippen LogP contribution < -0.4 is 10.1 Å². The summed E-state index contributed by atoms with van der Waals surface area (Å²) in [5.74, 6) is -1.26. The molecule has 2 atom stereocenters. The number of methoxy groups -OCH3 is 1. The van der Waals surface area contributed by atoms with Crippen LogP contribution in [0.15, 0.2) is 54.7 Å². The summed E-state index contributed by atoms with van der Waals surface area (Å²) in [6.45, 7) is 4.88. The fourth-order valence-corrected chi connectivity index (χ4v) is 4.52. The summed E-state index contributed by atoms with van der Waals surface area (Å²) in [6.07, 6.45) is -3.28. The highest BCUT2D eigenvalue weighted by atomic mass is 19.4. The van der Waals surface area contributed by atoms with Gasteiger partial charge < -0.3 is 10.1 Å². The molecule has 3 rings (SSSR count). The molecule has 0 fully saturated rings. The maximum atomic E-state index is 15.0. The van der Waals surface area contributed by atoms with Crippen molar-refractivity contribution in [1.29, 1.82) is 0 Å². The number of nitrogens with zero attached hydrogens (tertiary/aromatic N) is 1. The zero-order chi connectivity index (χ0) is 23.0. The molecule has 0 aliphatic carbocycles. The van der Waals surface area contributed by atoms with E-state index in [2.05, 4.69) is 10.3 Å². The molecular formula is C24H26F4N2O. The van der Waals surface area contributed by atoms with E-state index in [1.807, 2.05) is 0 Å². The molecule has 0 saturated carbocycles. The van der Waals surface area contributed by atoms with Crippen LogP contribution >= 0.6 is 0 Å². The van der Waals surface area contributed by atoms with Gasteiger partial charge in [-0.1, -0.05) is 39.0 Å². The molecule has 1 N–H and O–H groups in total. The van der Waals surface area contributed by atoms with Crippen molar-refractivity contribution in [3.63, 3.8) is 0 Å². The van der Waals surface area contributed by atoms with Gasteiger partial charge in [0.05, 0.1) is 12.6 Å². The molecular weight excluding hydrogens is 408 g/mol. The first-order chi connectivity index (χ1) is 14.5. The average Bonchev–Trinajstić information content (AvgIpc) is 2.73. The minimum atomic E-state index is -4.66. The topological polar surface area (TPSA) is 34.2 Å². The monoisotopic (exact) mass is 434 g/mol. The lowest BCUT2D eigenvalue weighted by Crippen LogP contribution is -2.61. The van der Waals surface area contributed by atoms with Crippen molar-refractivity contribution in [2.75, 3.05) is 14.2 Å². The molecule has 0 bridgehead atoms. The maximum Gasteiger partial charge on any atom is 0.411 e. The molecule has 0 saturated heterocycles. The molecule has 3 nitrogen and oxygen atoms in total. The Morgan fingerprint density at radius 3 is 2.29 bits per heavy atom. The number of halogens is 4. The Bertz CT molecular complexity index is 1080. The van der Waals surface area contributed by atoms with Gasteiger partial charge in [-0.15, -0.1) is 0 Å². The summed E-state index contributed by atoms with van der Waals surface area (Å²) in [5, 5.41) is 3.01. The molecule has 31 heavy (non-hydrogen) atoms. The summed E-state index contributed by atoms with van der Waals surface area (Å²) in [5.41, 5.74) is -2.65. The quantitative estimate of drug-likeness (QED) is 0.485. The third-order valence-electron chi connectivity index (χ3n) is 6.50. The van der Waals surface area contributed by atoms with Crippen molar-refractivity contribution >= 4 is 10.9 Å². The van der Waals surface area contributed by atoms with E-state index >= 15 is 0 Å². The van der Waals surface area contributed by atoms with Crippen LogP contribution in [0, 0.1) is 11.7 Å². The number of alkyl halides is 3. The highest BCUT2D eigenvalue weighted by Gasteiger charge is 2.62. The summed E-state index contributed by atoms with van der Waals surface area (Å²) < 4.78 is 64.4. The first-order valence-corrected chi connectivity index (χ1v) is 9.94. The molecule has 0 amide bonds.